The van der Waals surface area contributed by atoms with Gasteiger partial charge in [0, 0.05) is 6.42 Å². The molecule has 0 fully saturated rings. The molecule has 0 saturated carbocycles. The van der Waals surface area contributed by atoms with Gasteiger partial charge in [-0.05, 0) is 31.4 Å². The predicted octanol–water partition coefficient (Wildman–Crippen LogP) is 4.06. The van der Waals surface area contributed by atoms with Gasteiger partial charge in [0.05, 0.1) is 11.5 Å². The van der Waals surface area contributed by atoms with Crippen LogP contribution in [0.3, 0.4) is 0 Å². The van der Waals surface area contributed by atoms with Crippen molar-refractivity contribution in [3.63, 3.8) is 0 Å². The molecule has 0 aliphatic heterocycles. The number of unbranched alkanes of at least 4 members (excludes halogenated alkanes) is 3. The van der Waals surface area contributed by atoms with Crippen molar-refractivity contribution < 1.29 is 24.5 Å². The van der Waals surface area contributed by atoms with Crippen LogP contribution < -0.4 is 4.74 Å². The van der Waals surface area contributed by atoms with Crippen LogP contribution in [-0.4, -0.2) is 34.0 Å². The Balaban J connectivity index is 2.39. The second-order valence-corrected chi connectivity index (χ2v) is 6.45. The number of benzene rings is 1. The van der Waals surface area contributed by atoms with Crippen molar-refractivity contribution in [3.8, 4) is 5.75 Å². The van der Waals surface area contributed by atoms with Crippen molar-refractivity contribution in [2.24, 2.45) is 0 Å². The standard InChI is InChI=1S/C17H24O5S/c1-2-14(17(20)21)23-15-10-7-6-9-13(15)22-12-8-4-3-5-11-16(18)19/h6-7,9-10,14H,2-5,8,11-12H2,1H3,(H,18,19)(H,20,21). The molecule has 5 nitrogen and oxygen atoms in total. The molecular weight excluding hydrogens is 316 g/mol. The van der Waals surface area contributed by atoms with E-state index in [-0.39, 0.29) is 6.42 Å². The zero-order valence-corrected chi connectivity index (χ0v) is 14.2. The van der Waals surface area contributed by atoms with Crippen LogP contribution in [0.15, 0.2) is 29.2 Å². The molecule has 0 amide bonds. The lowest BCUT2D eigenvalue weighted by Crippen LogP contribution is -2.14. The molecule has 0 aromatic heterocycles. The smallest absolute Gasteiger partial charge is 0.316 e. The van der Waals surface area contributed by atoms with Crippen molar-refractivity contribution >= 4 is 23.7 Å². The summed E-state index contributed by atoms with van der Waals surface area (Å²) in [6.07, 6.45) is 4.12. The summed E-state index contributed by atoms with van der Waals surface area (Å²) in [4.78, 5) is 22.4. The third-order valence-electron chi connectivity index (χ3n) is 3.31. The Hall–Kier alpha value is -1.69. The number of para-hydroxylation sites is 1. The number of carboxylic acids is 2. The van der Waals surface area contributed by atoms with Crippen LogP contribution in [0, 0.1) is 0 Å². The zero-order valence-electron chi connectivity index (χ0n) is 13.4. The third-order valence-corrected chi connectivity index (χ3v) is 4.72. The monoisotopic (exact) mass is 340 g/mol. The molecule has 1 aromatic carbocycles. The summed E-state index contributed by atoms with van der Waals surface area (Å²) in [7, 11) is 0. The van der Waals surface area contributed by atoms with E-state index >= 15 is 0 Å². The van der Waals surface area contributed by atoms with Crippen LogP contribution in [-0.2, 0) is 9.59 Å². The Bertz CT molecular complexity index is 504. The second-order valence-electron chi connectivity index (χ2n) is 5.21. The van der Waals surface area contributed by atoms with Crippen LogP contribution in [0.5, 0.6) is 5.75 Å². The Morgan fingerprint density at radius 3 is 2.48 bits per heavy atom. The van der Waals surface area contributed by atoms with Gasteiger partial charge in [0.2, 0.25) is 0 Å². The molecule has 0 aliphatic rings. The highest BCUT2D eigenvalue weighted by Gasteiger charge is 2.18. The minimum atomic E-state index is -0.814. The van der Waals surface area contributed by atoms with Crippen molar-refractivity contribution in [1.82, 2.24) is 0 Å². The molecule has 6 heteroatoms. The molecule has 0 aliphatic carbocycles. The molecule has 0 radical (unpaired) electrons. The largest absolute Gasteiger partial charge is 0.492 e. The number of ether oxygens (including phenoxy) is 1. The summed E-state index contributed by atoms with van der Waals surface area (Å²) in [5, 5.41) is 17.2. The lowest BCUT2D eigenvalue weighted by Gasteiger charge is -2.14. The van der Waals surface area contributed by atoms with E-state index < -0.39 is 17.2 Å². The van der Waals surface area contributed by atoms with Gasteiger partial charge in [-0.15, -0.1) is 11.8 Å². The van der Waals surface area contributed by atoms with Gasteiger partial charge in [-0.1, -0.05) is 31.9 Å². The van der Waals surface area contributed by atoms with Gasteiger partial charge in [-0.2, -0.15) is 0 Å². The maximum absolute atomic E-state index is 11.2. The van der Waals surface area contributed by atoms with Gasteiger partial charge in [0.1, 0.15) is 11.0 Å². The minimum absolute atomic E-state index is 0.216. The Kier molecular flexibility index (Phi) is 9.21. The topological polar surface area (TPSA) is 83.8 Å². The van der Waals surface area contributed by atoms with E-state index in [4.69, 9.17) is 14.9 Å². The van der Waals surface area contributed by atoms with Crippen molar-refractivity contribution in [2.75, 3.05) is 6.61 Å². The highest BCUT2D eigenvalue weighted by atomic mass is 32.2. The van der Waals surface area contributed by atoms with Gasteiger partial charge < -0.3 is 14.9 Å². The van der Waals surface area contributed by atoms with Gasteiger partial charge in [-0.3, -0.25) is 9.59 Å². The Morgan fingerprint density at radius 1 is 1.13 bits per heavy atom. The van der Waals surface area contributed by atoms with Crippen LogP contribution in [0.25, 0.3) is 0 Å². The summed E-state index contributed by atoms with van der Waals surface area (Å²) < 4.78 is 5.76. The molecule has 23 heavy (non-hydrogen) atoms. The number of hydrogen-bond acceptors (Lipinski definition) is 4. The number of thioether (sulfide) groups is 1. The fraction of sp³-hybridized carbons (Fsp3) is 0.529. The van der Waals surface area contributed by atoms with E-state index in [1.165, 1.54) is 11.8 Å². The van der Waals surface area contributed by atoms with E-state index in [1.807, 2.05) is 31.2 Å². The molecule has 1 aromatic rings. The second kappa shape index (κ2) is 10.9. The van der Waals surface area contributed by atoms with E-state index in [1.54, 1.807) is 0 Å². The highest BCUT2D eigenvalue weighted by Crippen LogP contribution is 2.33. The van der Waals surface area contributed by atoms with Gasteiger partial charge in [0.15, 0.2) is 0 Å². The molecular formula is C17H24O5S. The molecule has 0 saturated heterocycles. The van der Waals surface area contributed by atoms with Crippen molar-refractivity contribution in [1.29, 1.82) is 0 Å². The lowest BCUT2D eigenvalue weighted by atomic mass is 10.1. The first kappa shape index (κ1) is 19.4. The van der Waals surface area contributed by atoms with Gasteiger partial charge in [-0.25, -0.2) is 0 Å². The molecule has 2 N–H and O–H groups in total. The average molecular weight is 340 g/mol. The van der Waals surface area contributed by atoms with E-state index in [0.29, 0.717) is 25.2 Å². The van der Waals surface area contributed by atoms with E-state index in [9.17, 15) is 9.59 Å². The maximum Gasteiger partial charge on any atom is 0.316 e. The Morgan fingerprint density at radius 2 is 1.83 bits per heavy atom. The Labute approximate surface area is 141 Å². The number of hydrogen-bond donors (Lipinski definition) is 2. The van der Waals surface area contributed by atoms with Crippen molar-refractivity contribution in [3.05, 3.63) is 24.3 Å². The fourth-order valence-electron chi connectivity index (χ4n) is 2.04. The normalized spacial score (nSPS) is 11.9. The number of carbonyl (C=O) groups is 2. The SMILES string of the molecule is CCC(Sc1ccccc1OCCCCCCC(=O)O)C(=O)O. The first-order valence-corrected chi connectivity index (χ1v) is 8.75. The maximum atomic E-state index is 11.2. The van der Waals surface area contributed by atoms with Crippen LogP contribution in [0.1, 0.15) is 45.4 Å². The summed E-state index contributed by atoms with van der Waals surface area (Å²) in [6.45, 7) is 2.40. The first-order chi connectivity index (χ1) is 11.0. The number of rotatable bonds is 12. The summed E-state index contributed by atoms with van der Waals surface area (Å²) in [5.41, 5.74) is 0. The highest BCUT2D eigenvalue weighted by molar-refractivity contribution is 8.00. The minimum Gasteiger partial charge on any atom is -0.492 e. The van der Waals surface area contributed by atoms with Crippen LogP contribution in [0.2, 0.25) is 0 Å². The quantitative estimate of drug-likeness (QED) is 0.441. The lowest BCUT2D eigenvalue weighted by molar-refractivity contribution is -0.137. The molecule has 0 bridgehead atoms. The first-order valence-electron chi connectivity index (χ1n) is 7.87. The van der Waals surface area contributed by atoms with Gasteiger partial charge >= 0.3 is 11.9 Å². The summed E-state index contributed by atoms with van der Waals surface area (Å²) in [5.74, 6) is -0.857. The average Bonchev–Trinajstić information content (AvgIpc) is 2.52. The molecule has 128 valence electrons. The summed E-state index contributed by atoms with van der Waals surface area (Å²) in [6, 6.07) is 7.46. The third kappa shape index (κ3) is 7.93. The number of aliphatic carboxylic acids is 2. The molecule has 1 atom stereocenters. The van der Waals surface area contributed by atoms with Crippen molar-refractivity contribution in [2.45, 2.75) is 55.6 Å². The van der Waals surface area contributed by atoms with E-state index in [2.05, 4.69) is 0 Å². The predicted molar refractivity (Wildman–Crippen MR) is 90.2 cm³/mol. The zero-order chi connectivity index (χ0) is 17.1. The molecule has 0 spiro atoms. The summed E-state index contributed by atoms with van der Waals surface area (Å²) >= 11 is 1.31. The fourth-order valence-corrected chi connectivity index (χ4v) is 3.02. The molecule has 0 heterocycles. The van der Waals surface area contributed by atoms with Crippen LogP contribution >= 0.6 is 11.8 Å². The van der Waals surface area contributed by atoms with Gasteiger partial charge in [0.25, 0.3) is 0 Å². The molecule has 1 rings (SSSR count). The molecule has 1 unspecified atom stereocenters. The number of carboxylic acid groups (broad SMARTS) is 2. The van der Waals surface area contributed by atoms with E-state index in [0.717, 1.165) is 24.2 Å². The van der Waals surface area contributed by atoms with Crippen LogP contribution in [0.4, 0.5) is 0 Å².